The van der Waals surface area contributed by atoms with Crippen LogP contribution >= 0.6 is 11.6 Å². The van der Waals surface area contributed by atoms with E-state index in [4.69, 9.17) is 16.3 Å². The van der Waals surface area contributed by atoms with Crippen LogP contribution in [0.25, 0.3) is 10.9 Å². The molecule has 1 heterocycles. The number of carbonyl (C=O) groups excluding carboxylic acids is 1. The molecular formula is C19H16ClF3N2O5S. The molecule has 0 unspecified atom stereocenters. The highest BCUT2D eigenvalue weighted by atomic mass is 35.5. The molecule has 3 rings (SSSR count). The van der Waals surface area contributed by atoms with Gasteiger partial charge in [-0.25, -0.2) is 17.2 Å². The van der Waals surface area contributed by atoms with E-state index < -0.39 is 22.2 Å². The van der Waals surface area contributed by atoms with Crippen LogP contribution in [0, 0.1) is 0 Å². The van der Waals surface area contributed by atoms with Crippen LogP contribution < -0.4 is 4.74 Å². The molecule has 166 valence electrons. The van der Waals surface area contributed by atoms with E-state index in [9.17, 15) is 26.4 Å². The van der Waals surface area contributed by atoms with Crippen LogP contribution in [-0.2, 0) is 26.2 Å². The molecule has 1 aromatic heterocycles. The minimum atomic E-state index is -5.17. The summed E-state index contributed by atoms with van der Waals surface area (Å²) in [5.74, 6) is -2.17. The molecule has 0 radical (unpaired) electrons. The molecule has 0 bridgehead atoms. The molecule has 0 aliphatic heterocycles. The lowest BCUT2D eigenvalue weighted by Crippen LogP contribution is -2.32. The normalized spacial score (nSPS) is 12.4. The van der Waals surface area contributed by atoms with Crippen LogP contribution in [0.4, 0.5) is 13.2 Å². The number of methoxy groups -OCH3 is 1. The summed E-state index contributed by atoms with van der Waals surface area (Å²) in [7, 11) is -1.55. The summed E-state index contributed by atoms with van der Waals surface area (Å²) in [4.78, 5) is 15.4. The molecule has 12 heteroatoms. The van der Waals surface area contributed by atoms with Crippen molar-refractivity contribution in [3.63, 3.8) is 0 Å². The molecule has 0 N–H and O–H groups in total. The molecule has 3 aromatic rings. The van der Waals surface area contributed by atoms with E-state index in [0.29, 0.717) is 5.06 Å². The van der Waals surface area contributed by atoms with Gasteiger partial charge in [0, 0.05) is 24.2 Å². The first-order valence-electron chi connectivity index (χ1n) is 8.64. The van der Waals surface area contributed by atoms with Crippen molar-refractivity contribution >= 4 is 38.5 Å². The average molecular weight is 477 g/mol. The summed E-state index contributed by atoms with van der Waals surface area (Å²) in [6, 6.07) is 10.6. The molecule has 0 atom stereocenters. The molecule has 0 fully saturated rings. The highest BCUT2D eigenvalue weighted by Crippen LogP contribution is 2.37. The smallest absolute Gasteiger partial charge is 0.492 e. The number of nitrogens with zero attached hydrogens (tertiary/aromatic N) is 2. The zero-order chi connectivity index (χ0) is 23.0. The summed E-state index contributed by atoms with van der Waals surface area (Å²) in [5, 5.41) is 0.918. The largest absolute Gasteiger partial charge is 0.496 e. The fourth-order valence-electron chi connectivity index (χ4n) is 3.00. The highest BCUT2D eigenvalue weighted by Gasteiger charge is 2.42. The van der Waals surface area contributed by atoms with Gasteiger partial charge in [0.15, 0.2) is 0 Å². The molecule has 7 nitrogen and oxygen atoms in total. The highest BCUT2D eigenvalue weighted by molar-refractivity contribution is 7.90. The third kappa shape index (κ3) is 4.48. The van der Waals surface area contributed by atoms with Gasteiger partial charge >= 0.3 is 12.1 Å². The lowest BCUT2D eigenvalue weighted by Gasteiger charge is -2.19. The SMILES string of the molecule is COc1ccc2c(c(Cl)cn2S(=O)(=O)c2ccccc2)c1CN(C)OC(=O)C(F)(F)F. The van der Waals surface area contributed by atoms with E-state index >= 15 is 0 Å². The maximum absolute atomic E-state index is 13.1. The Balaban J connectivity index is 2.10. The van der Waals surface area contributed by atoms with Crippen molar-refractivity contribution in [2.24, 2.45) is 0 Å². The predicted molar refractivity (Wildman–Crippen MR) is 106 cm³/mol. The monoisotopic (exact) mass is 476 g/mol. The van der Waals surface area contributed by atoms with Gasteiger partial charge in [0.1, 0.15) is 5.75 Å². The van der Waals surface area contributed by atoms with E-state index in [-0.39, 0.29) is 38.7 Å². The number of hydrogen-bond donors (Lipinski definition) is 0. The van der Waals surface area contributed by atoms with Gasteiger partial charge in [0.25, 0.3) is 10.0 Å². The summed E-state index contributed by atoms with van der Waals surface area (Å²) in [6.45, 7) is -0.350. The van der Waals surface area contributed by atoms with Crippen molar-refractivity contribution in [3.05, 3.63) is 59.2 Å². The van der Waals surface area contributed by atoms with Crippen molar-refractivity contribution in [1.29, 1.82) is 0 Å². The number of fused-ring (bicyclic) bond motifs is 1. The Bertz CT molecular complexity index is 1230. The molecule has 0 spiro atoms. The van der Waals surface area contributed by atoms with E-state index in [2.05, 4.69) is 4.84 Å². The number of hydroxylamine groups is 2. The second-order valence-electron chi connectivity index (χ2n) is 6.39. The van der Waals surface area contributed by atoms with Crippen molar-refractivity contribution < 1.29 is 36.0 Å². The van der Waals surface area contributed by atoms with Crippen molar-refractivity contribution in [2.75, 3.05) is 14.2 Å². The fourth-order valence-corrected chi connectivity index (χ4v) is 4.75. The first kappa shape index (κ1) is 22.9. The molecule has 0 aliphatic rings. The van der Waals surface area contributed by atoms with Crippen LogP contribution in [0.1, 0.15) is 5.56 Å². The van der Waals surface area contributed by atoms with Crippen LogP contribution in [0.15, 0.2) is 53.6 Å². The predicted octanol–water partition coefficient (Wildman–Crippen LogP) is 3.99. The Morgan fingerprint density at radius 3 is 2.39 bits per heavy atom. The standard InChI is InChI=1S/C19H16ClF3N2O5S/c1-24(30-18(26)19(21,22)23)10-13-16(29-2)9-8-15-17(13)14(20)11-25(15)31(27,28)12-6-4-3-5-7-12/h3-9,11H,10H2,1-2H3. The average Bonchev–Trinajstić information content (AvgIpc) is 3.06. The van der Waals surface area contributed by atoms with Crippen molar-refractivity contribution in [2.45, 2.75) is 17.6 Å². The number of hydrogen-bond acceptors (Lipinski definition) is 6. The molecule has 31 heavy (non-hydrogen) atoms. The van der Waals surface area contributed by atoms with Gasteiger partial charge in [0.05, 0.1) is 29.1 Å². The molecule has 0 amide bonds. The Morgan fingerprint density at radius 2 is 1.81 bits per heavy atom. The molecule has 0 saturated carbocycles. The van der Waals surface area contributed by atoms with Crippen LogP contribution in [0.3, 0.4) is 0 Å². The summed E-state index contributed by atoms with van der Waals surface area (Å²) in [6.07, 6.45) is -3.98. The molecule has 0 saturated heterocycles. The number of halogens is 4. The first-order chi connectivity index (χ1) is 14.5. The minimum Gasteiger partial charge on any atom is -0.496 e. The van der Waals surface area contributed by atoms with Gasteiger partial charge in [-0.15, -0.1) is 5.06 Å². The summed E-state index contributed by atoms with van der Waals surface area (Å²) < 4.78 is 69.8. The second-order valence-corrected chi connectivity index (χ2v) is 8.62. The lowest BCUT2D eigenvalue weighted by molar-refractivity contribution is -0.235. The van der Waals surface area contributed by atoms with Gasteiger partial charge in [-0.3, -0.25) is 0 Å². The number of aromatic nitrogens is 1. The van der Waals surface area contributed by atoms with E-state index in [1.54, 1.807) is 18.2 Å². The quantitative estimate of drug-likeness (QED) is 0.501. The number of ether oxygens (including phenoxy) is 1. The van der Waals surface area contributed by atoms with E-state index in [1.165, 1.54) is 37.6 Å². The molecular weight excluding hydrogens is 461 g/mol. The Kier molecular flexibility index (Phi) is 6.21. The number of alkyl halides is 3. The Morgan fingerprint density at radius 1 is 1.16 bits per heavy atom. The Hall–Kier alpha value is -2.76. The topological polar surface area (TPSA) is 77.8 Å². The van der Waals surface area contributed by atoms with Crippen LogP contribution in [0.5, 0.6) is 5.75 Å². The number of benzene rings is 2. The van der Waals surface area contributed by atoms with Gasteiger partial charge in [-0.05, 0) is 24.3 Å². The van der Waals surface area contributed by atoms with Gasteiger partial charge in [0.2, 0.25) is 0 Å². The van der Waals surface area contributed by atoms with Crippen LogP contribution in [-0.4, -0.2) is 43.8 Å². The van der Waals surface area contributed by atoms with Crippen molar-refractivity contribution in [1.82, 2.24) is 9.04 Å². The Labute approximate surface area is 180 Å². The zero-order valence-electron chi connectivity index (χ0n) is 16.2. The van der Waals surface area contributed by atoms with Gasteiger partial charge in [-0.1, -0.05) is 29.8 Å². The third-order valence-electron chi connectivity index (χ3n) is 4.33. The van der Waals surface area contributed by atoms with E-state index in [1.807, 2.05) is 0 Å². The first-order valence-corrected chi connectivity index (χ1v) is 10.5. The maximum atomic E-state index is 13.1. The lowest BCUT2D eigenvalue weighted by atomic mass is 10.1. The second kappa shape index (κ2) is 8.40. The zero-order valence-corrected chi connectivity index (χ0v) is 17.8. The van der Waals surface area contributed by atoms with Gasteiger partial charge < -0.3 is 9.57 Å². The van der Waals surface area contributed by atoms with Gasteiger partial charge in [-0.2, -0.15) is 13.2 Å². The number of rotatable bonds is 6. The minimum absolute atomic E-state index is 0.0251. The maximum Gasteiger partial charge on any atom is 0.492 e. The summed E-state index contributed by atoms with van der Waals surface area (Å²) in [5.41, 5.74) is 0.421. The number of carbonyl (C=O) groups is 1. The fraction of sp³-hybridized carbons (Fsp3) is 0.211. The van der Waals surface area contributed by atoms with Crippen molar-refractivity contribution in [3.8, 4) is 5.75 Å². The van der Waals surface area contributed by atoms with Crippen LogP contribution in [0.2, 0.25) is 5.02 Å². The molecule has 0 aliphatic carbocycles. The third-order valence-corrected chi connectivity index (χ3v) is 6.30. The molecule has 2 aromatic carbocycles. The summed E-state index contributed by atoms with van der Waals surface area (Å²) >= 11 is 6.32. The van der Waals surface area contributed by atoms with E-state index in [0.717, 1.165) is 11.0 Å².